The van der Waals surface area contributed by atoms with Gasteiger partial charge in [0, 0.05) is 6.54 Å². The summed E-state index contributed by atoms with van der Waals surface area (Å²) in [6.45, 7) is 3.55. The highest BCUT2D eigenvalue weighted by Gasteiger charge is 2.15. The van der Waals surface area contributed by atoms with Crippen molar-refractivity contribution in [3.8, 4) is 0 Å². The largest absolute Gasteiger partial charge is 0.480 e. The minimum atomic E-state index is -0.782. The van der Waals surface area contributed by atoms with Crippen LogP contribution in [0.15, 0.2) is 0 Å². The van der Waals surface area contributed by atoms with Crippen molar-refractivity contribution in [2.45, 2.75) is 57.9 Å². The van der Waals surface area contributed by atoms with Gasteiger partial charge in [0.1, 0.15) is 6.04 Å². The van der Waals surface area contributed by atoms with Crippen LogP contribution in [0.25, 0.3) is 0 Å². The van der Waals surface area contributed by atoms with Crippen molar-refractivity contribution in [3.63, 3.8) is 0 Å². The molecule has 19 heavy (non-hydrogen) atoms. The molecule has 6 N–H and O–H groups in total. The van der Waals surface area contributed by atoms with Gasteiger partial charge >= 0.3 is 5.97 Å². The molecule has 0 bridgehead atoms. The number of unbranched alkanes of at least 4 members (excludes halogenated alkanes) is 4. The zero-order valence-electron chi connectivity index (χ0n) is 11.9. The first-order chi connectivity index (χ1) is 9.07. The lowest BCUT2D eigenvalue weighted by molar-refractivity contribution is -0.139. The molecule has 0 aliphatic carbocycles. The van der Waals surface area contributed by atoms with Gasteiger partial charge in [-0.05, 0) is 32.2 Å². The molecular formula is C13H28N4O2. The summed E-state index contributed by atoms with van der Waals surface area (Å²) in [6, 6.07) is -0.459. The monoisotopic (exact) mass is 272 g/mol. The minimum absolute atomic E-state index is 0.0381. The third-order valence-electron chi connectivity index (χ3n) is 2.95. The number of hydrogen-bond acceptors (Lipinski definition) is 3. The highest BCUT2D eigenvalue weighted by atomic mass is 16.4. The fourth-order valence-electron chi connectivity index (χ4n) is 1.84. The normalized spacial score (nSPS) is 12.1. The highest BCUT2D eigenvalue weighted by molar-refractivity contribution is 5.74. The molecule has 0 heterocycles. The molecule has 0 saturated carbocycles. The maximum atomic E-state index is 11.1. The molecule has 0 saturated heterocycles. The molecule has 0 amide bonds. The predicted octanol–water partition coefficient (Wildman–Crippen LogP) is 1.26. The lowest BCUT2D eigenvalue weighted by atomic mass is 10.1. The molecule has 0 radical (unpaired) electrons. The SMILES string of the molecule is CCCCCCN[C@@H](CCCCNC(=N)N)C(=O)O. The van der Waals surface area contributed by atoms with E-state index in [1.54, 1.807) is 0 Å². The number of hydrogen-bond donors (Lipinski definition) is 5. The van der Waals surface area contributed by atoms with E-state index in [2.05, 4.69) is 17.6 Å². The molecule has 0 spiro atoms. The summed E-state index contributed by atoms with van der Waals surface area (Å²) in [7, 11) is 0. The second kappa shape index (κ2) is 11.8. The second-order valence-electron chi connectivity index (χ2n) is 4.74. The molecule has 1 atom stereocenters. The summed E-state index contributed by atoms with van der Waals surface area (Å²) in [5, 5.41) is 21.9. The van der Waals surface area contributed by atoms with Crippen molar-refractivity contribution in [2.75, 3.05) is 13.1 Å². The number of carboxylic acid groups (broad SMARTS) is 1. The van der Waals surface area contributed by atoms with Crippen LogP contribution in [0, 0.1) is 5.41 Å². The molecule has 6 nitrogen and oxygen atoms in total. The average molecular weight is 272 g/mol. The Bertz CT molecular complexity index is 259. The molecule has 0 aliphatic heterocycles. The van der Waals surface area contributed by atoms with Gasteiger partial charge in [0.2, 0.25) is 0 Å². The number of nitrogens with two attached hydrogens (primary N) is 1. The van der Waals surface area contributed by atoms with E-state index >= 15 is 0 Å². The van der Waals surface area contributed by atoms with E-state index in [4.69, 9.17) is 16.2 Å². The number of carboxylic acids is 1. The molecule has 0 aliphatic rings. The van der Waals surface area contributed by atoms with Crippen molar-refractivity contribution < 1.29 is 9.90 Å². The summed E-state index contributed by atoms with van der Waals surface area (Å²) >= 11 is 0. The Hall–Kier alpha value is -1.30. The first-order valence-electron chi connectivity index (χ1n) is 7.12. The quantitative estimate of drug-likeness (QED) is 0.209. The Kier molecular flexibility index (Phi) is 11.0. The number of carbonyl (C=O) groups is 1. The molecule has 112 valence electrons. The summed E-state index contributed by atoms with van der Waals surface area (Å²) in [5.41, 5.74) is 5.15. The van der Waals surface area contributed by atoms with Crippen LogP contribution in [-0.2, 0) is 4.79 Å². The fraction of sp³-hybridized carbons (Fsp3) is 0.846. The summed E-state index contributed by atoms with van der Waals surface area (Å²) in [6.07, 6.45) is 6.81. The average Bonchev–Trinajstić information content (AvgIpc) is 2.35. The van der Waals surface area contributed by atoms with E-state index in [0.717, 1.165) is 32.2 Å². The fourth-order valence-corrected chi connectivity index (χ4v) is 1.84. The van der Waals surface area contributed by atoms with Crippen LogP contribution in [-0.4, -0.2) is 36.2 Å². The van der Waals surface area contributed by atoms with Crippen LogP contribution in [0.2, 0.25) is 0 Å². The molecule has 0 unspecified atom stereocenters. The first-order valence-corrected chi connectivity index (χ1v) is 7.12. The van der Waals surface area contributed by atoms with Gasteiger partial charge < -0.3 is 21.5 Å². The lowest BCUT2D eigenvalue weighted by Gasteiger charge is -2.14. The molecule has 0 aromatic carbocycles. The van der Waals surface area contributed by atoms with E-state index < -0.39 is 12.0 Å². The molecule has 0 aromatic rings. The zero-order valence-corrected chi connectivity index (χ0v) is 11.9. The van der Waals surface area contributed by atoms with Gasteiger partial charge in [-0.1, -0.05) is 26.2 Å². The topological polar surface area (TPSA) is 111 Å². The van der Waals surface area contributed by atoms with Crippen molar-refractivity contribution in [1.82, 2.24) is 10.6 Å². The maximum Gasteiger partial charge on any atom is 0.320 e. The Labute approximate surface area is 115 Å². The Morgan fingerprint density at radius 1 is 1.21 bits per heavy atom. The van der Waals surface area contributed by atoms with Crippen LogP contribution >= 0.6 is 0 Å². The Morgan fingerprint density at radius 2 is 1.89 bits per heavy atom. The summed E-state index contributed by atoms with van der Waals surface area (Å²) in [4.78, 5) is 11.1. The van der Waals surface area contributed by atoms with Crippen molar-refractivity contribution >= 4 is 11.9 Å². The maximum absolute atomic E-state index is 11.1. The molecule has 0 rings (SSSR count). The molecular weight excluding hydrogens is 244 g/mol. The van der Waals surface area contributed by atoms with Crippen LogP contribution in [0.1, 0.15) is 51.9 Å². The van der Waals surface area contributed by atoms with Gasteiger partial charge in [-0.2, -0.15) is 0 Å². The van der Waals surface area contributed by atoms with E-state index in [1.165, 1.54) is 12.8 Å². The zero-order chi connectivity index (χ0) is 14.5. The third kappa shape index (κ3) is 11.5. The third-order valence-corrected chi connectivity index (χ3v) is 2.95. The van der Waals surface area contributed by atoms with Gasteiger partial charge in [-0.15, -0.1) is 0 Å². The Morgan fingerprint density at radius 3 is 2.47 bits per heavy atom. The van der Waals surface area contributed by atoms with Crippen molar-refractivity contribution in [2.24, 2.45) is 5.73 Å². The first kappa shape index (κ1) is 17.7. The second-order valence-corrected chi connectivity index (χ2v) is 4.74. The van der Waals surface area contributed by atoms with Crippen LogP contribution < -0.4 is 16.4 Å². The summed E-state index contributed by atoms with van der Waals surface area (Å²) < 4.78 is 0. The van der Waals surface area contributed by atoms with Crippen LogP contribution in [0.3, 0.4) is 0 Å². The number of aliphatic carboxylic acids is 1. The number of guanidine groups is 1. The molecule has 0 fully saturated rings. The lowest BCUT2D eigenvalue weighted by Crippen LogP contribution is -2.37. The number of nitrogens with one attached hydrogen (secondary N) is 3. The molecule has 0 aromatic heterocycles. The number of rotatable bonds is 12. The van der Waals surface area contributed by atoms with Gasteiger partial charge in [-0.3, -0.25) is 10.2 Å². The van der Waals surface area contributed by atoms with Gasteiger partial charge in [0.15, 0.2) is 5.96 Å². The van der Waals surface area contributed by atoms with Crippen molar-refractivity contribution in [3.05, 3.63) is 0 Å². The van der Waals surface area contributed by atoms with E-state index in [0.29, 0.717) is 13.0 Å². The van der Waals surface area contributed by atoms with E-state index in [9.17, 15) is 4.79 Å². The summed E-state index contributed by atoms with van der Waals surface area (Å²) in [5.74, 6) is -0.821. The van der Waals surface area contributed by atoms with E-state index in [-0.39, 0.29) is 5.96 Å². The van der Waals surface area contributed by atoms with Crippen molar-refractivity contribution in [1.29, 1.82) is 5.41 Å². The van der Waals surface area contributed by atoms with Crippen LogP contribution in [0.5, 0.6) is 0 Å². The van der Waals surface area contributed by atoms with Gasteiger partial charge in [0.05, 0.1) is 0 Å². The predicted molar refractivity (Wildman–Crippen MR) is 77.3 cm³/mol. The highest BCUT2D eigenvalue weighted by Crippen LogP contribution is 2.03. The standard InChI is InChI=1S/C13H28N4O2/c1-2-3-4-6-9-16-11(12(18)19)8-5-7-10-17-13(14)15/h11,16H,2-10H2,1H3,(H,18,19)(H4,14,15,17)/t11-/m0/s1. The van der Waals surface area contributed by atoms with Gasteiger partial charge in [-0.25, -0.2) is 0 Å². The van der Waals surface area contributed by atoms with Crippen LogP contribution in [0.4, 0.5) is 0 Å². The smallest absolute Gasteiger partial charge is 0.320 e. The molecule has 6 heteroatoms. The minimum Gasteiger partial charge on any atom is -0.480 e. The van der Waals surface area contributed by atoms with Gasteiger partial charge in [0.25, 0.3) is 0 Å². The Balaban J connectivity index is 3.62. The van der Waals surface area contributed by atoms with E-state index in [1.807, 2.05) is 0 Å².